The summed E-state index contributed by atoms with van der Waals surface area (Å²) in [6.45, 7) is 2.30. The number of allylic oxidation sites excluding steroid dienone is 8. The van der Waals surface area contributed by atoms with Gasteiger partial charge in [0.2, 0.25) is 0 Å². The molecule has 1 heteroatoms. The second-order valence-electron chi connectivity index (χ2n) is 6.52. The molecule has 0 unspecified atom stereocenters. The summed E-state index contributed by atoms with van der Waals surface area (Å²) in [5.41, 5.74) is 2.77. The Balaban J connectivity index is 1.55. The molecule has 0 N–H and O–H groups in total. The molecule has 0 bridgehead atoms. The first-order chi connectivity index (χ1) is 12.3. The van der Waals surface area contributed by atoms with Gasteiger partial charge in [0, 0.05) is 11.8 Å². The van der Waals surface area contributed by atoms with Crippen LogP contribution in [0.4, 0.5) is 0 Å². The van der Waals surface area contributed by atoms with Crippen LogP contribution >= 0.6 is 7.92 Å². The van der Waals surface area contributed by atoms with Crippen molar-refractivity contribution in [2.45, 2.75) is 18.8 Å². The zero-order chi connectivity index (χ0) is 17.1. The lowest BCUT2D eigenvalue weighted by Gasteiger charge is -2.18. The lowest BCUT2D eigenvalue weighted by Crippen LogP contribution is -2.13. The minimum atomic E-state index is -0.270. The SMILES string of the molecule is CCP(c1ccc(C2C=CC=C2)cc1)c1ccc(C2C=CC=C2)cc1. The third-order valence-electron chi connectivity index (χ3n) is 4.99. The highest BCUT2D eigenvalue weighted by Crippen LogP contribution is 2.34. The van der Waals surface area contributed by atoms with Gasteiger partial charge in [-0.25, -0.2) is 0 Å². The van der Waals surface area contributed by atoms with E-state index in [1.54, 1.807) is 0 Å². The molecule has 0 spiro atoms. The van der Waals surface area contributed by atoms with E-state index in [-0.39, 0.29) is 7.92 Å². The molecule has 0 saturated heterocycles. The number of hydrogen-bond donors (Lipinski definition) is 0. The first-order valence-electron chi connectivity index (χ1n) is 9.02. The third-order valence-corrected chi connectivity index (χ3v) is 7.47. The van der Waals surface area contributed by atoms with Gasteiger partial charge in [-0.2, -0.15) is 0 Å². The van der Waals surface area contributed by atoms with E-state index >= 15 is 0 Å². The summed E-state index contributed by atoms with van der Waals surface area (Å²) in [6.07, 6.45) is 18.7. The van der Waals surface area contributed by atoms with Gasteiger partial charge in [0.25, 0.3) is 0 Å². The van der Waals surface area contributed by atoms with Crippen molar-refractivity contribution in [1.82, 2.24) is 0 Å². The van der Waals surface area contributed by atoms with Crippen molar-refractivity contribution >= 4 is 18.5 Å². The molecular formula is C24H23P. The Morgan fingerprint density at radius 2 is 0.960 bits per heavy atom. The maximum Gasteiger partial charge on any atom is 0.0204 e. The Kier molecular flexibility index (Phi) is 4.81. The standard InChI is InChI=1S/C24H23P/c1-2-25(23-15-11-21(12-16-23)19-7-3-4-8-19)24-17-13-22(14-18-24)20-9-5-6-10-20/h3-20H,2H2,1H3. The van der Waals surface area contributed by atoms with Crippen LogP contribution in [0.15, 0.2) is 97.1 Å². The summed E-state index contributed by atoms with van der Waals surface area (Å²) >= 11 is 0. The monoisotopic (exact) mass is 342 g/mol. The number of hydrogen-bond acceptors (Lipinski definition) is 0. The second kappa shape index (κ2) is 7.38. The van der Waals surface area contributed by atoms with Crippen molar-refractivity contribution in [3.63, 3.8) is 0 Å². The molecule has 0 amide bonds. The minimum Gasteiger partial charge on any atom is -0.0732 e. The molecule has 2 aliphatic carbocycles. The van der Waals surface area contributed by atoms with Crippen molar-refractivity contribution in [1.29, 1.82) is 0 Å². The predicted octanol–water partition coefficient (Wildman–Crippen LogP) is 5.56. The van der Waals surface area contributed by atoms with E-state index in [0.717, 1.165) is 0 Å². The molecule has 0 heterocycles. The van der Waals surface area contributed by atoms with Crippen LogP contribution < -0.4 is 10.6 Å². The van der Waals surface area contributed by atoms with Crippen LogP contribution in [0, 0.1) is 0 Å². The van der Waals surface area contributed by atoms with Gasteiger partial charge in [0.05, 0.1) is 0 Å². The predicted molar refractivity (Wildman–Crippen MR) is 112 cm³/mol. The van der Waals surface area contributed by atoms with Crippen LogP contribution in [0.2, 0.25) is 0 Å². The van der Waals surface area contributed by atoms with E-state index in [1.807, 2.05) is 0 Å². The van der Waals surface area contributed by atoms with Gasteiger partial charge < -0.3 is 0 Å². The van der Waals surface area contributed by atoms with Gasteiger partial charge in [-0.15, -0.1) is 0 Å². The Morgan fingerprint density at radius 3 is 1.28 bits per heavy atom. The Morgan fingerprint density at radius 1 is 0.600 bits per heavy atom. The van der Waals surface area contributed by atoms with E-state index < -0.39 is 0 Å². The highest BCUT2D eigenvalue weighted by Gasteiger charge is 2.14. The molecule has 0 saturated carbocycles. The minimum absolute atomic E-state index is 0.270. The molecule has 0 atom stereocenters. The summed E-state index contributed by atoms with van der Waals surface area (Å²) in [7, 11) is -0.270. The van der Waals surface area contributed by atoms with E-state index in [9.17, 15) is 0 Å². The fourth-order valence-corrected chi connectivity index (χ4v) is 5.62. The van der Waals surface area contributed by atoms with Crippen LogP contribution in [0.5, 0.6) is 0 Å². The number of benzene rings is 2. The van der Waals surface area contributed by atoms with Gasteiger partial charge in [0.1, 0.15) is 0 Å². The summed E-state index contributed by atoms with van der Waals surface area (Å²) in [4.78, 5) is 0. The normalized spacial score (nSPS) is 16.6. The number of rotatable bonds is 5. The van der Waals surface area contributed by atoms with Crippen LogP contribution in [-0.4, -0.2) is 6.16 Å². The van der Waals surface area contributed by atoms with E-state index in [0.29, 0.717) is 11.8 Å². The van der Waals surface area contributed by atoms with E-state index in [2.05, 4.69) is 104 Å². The maximum absolute atomic E-state index is 2.33. The zero-order valence-electron chi connectivity index (χ0n) is 14.5. The molecule has 0 nitrogen and oxygen atoms in total. The molecule has 2 aromatic rings. The van der Waals surface area contributed by atoms with Crippen LogP contribution in [0.3, 0.4) is 0 Å². The van der Waals surface area contributed by atoms with E-state index in [1.165, 1.54) is 27.9 Å². The smallest absolute Gasteiger partial charge is 0.0204 e. The molecule has 4 rings (SSSR count). The fraction of sp³-hybridized carbons (Fsp3) is 0.167. The second-order valence-corrected chi connectivity index (χ2v) is 9.04. The van der Waals surface area contributed by atoms with Crippen LogP contribution in [-0.2, 0) is 0 Å². The molecular weight excluding hydrogens is 319 g/mol. The molecule has 2 aliphatic rings. The summed E-state index contributed by atoms with van der Waals surface area (Å²) in [5.74, 6) is 0.905. The van der Waals surface area contributed by atoms with Crippen molar-refractivity contribution in [3.8, 4) is 0 Å². The van der Waals surface area contributed by atoms with Crippen molar-refractivity contribution in [3.05, 3.63) is 108 Å². The Hall–Kier alpha value is -2.17. The maximum atomic E-state index is 2.33. The Labute approximate surface area is 152 Å². The first kappa shape index (κ1) is 16.3. The fourth-order valence-electron chi connectivity index (χ4n) is 3.58. The quantitative estimate of drug-likeness (QED) is 0.624. The molecule has 0 aliphatic heterocycles. The largest absolute Gasteiger partial charge is 0.0732 e. The first-order valence-corrected chi connectivity index (χ1v) is 10.6. The summed E-state index contributed by atoms with van der Waals surface area (Å²) in [5, 5.41) is 2.95. The van der Waals surface area contributed by atoms with Gasteiger partial charge >= 0.3 is 0 Å². The Bertz CT molecular complexity index is 739. The molecule has 0 fully saturated rings. The van der Waals surface area contributed by atoms with Crippen molar-refractivity contribution < 1.29 is 0 Å². The molecule has 0 radical (unpaired) electrons. The zero-order valence-corrected chi connectivity index (χ0v) is 15.4. The summed E-state index contributed by atoms with van der Waals surface area (Å²) < 4.78 is 0. The highest BCUT2D eigenvalue weighted by atomic mass is 31.1. The highest BCUT2D eigenvalue weighted by molar-refractivity contribution is 7.72. The van der Waals surface area contributed by atoms with Gasteiger partial charge in [-0.3, -0.25) is 0 Å². The molecule has 2 aromatic carbocycles. The van der Waals surface area contributed by atoms with Crippen molar-refractivity contribution in [2.75, 3.05) is 6.16 Å². The lowest BCUT2D eigenvalue weighted by molar-refractivity contribution is 1.11. The third kappa shape index (κ3) is 3.46. The van der Waals surface area contributed by atoms with Crippen LogP contribution in [0.25, 0.3) is 0 Å². The molecule has 25 heavy (non-hydrogen) atoms. The van der Waals surface area contributed by atoms with Gasteiger partial charge in [-0.05, 0) is 35.8 Å². The van der Waals surface area contributed by atoms with Gasteiger partial charge in [-0.1, -0.05) is 104 Å². The van der Waals surface area contributed by atoms with Crippen LogP contribution in [0.1, 0.15) is 29.9 Å². The summed E-state index contributed by atoms with van der Waals surface area (Å²) in [6, 6.07) is 18.5. The van der Waals surface area contributed by atoms with Crippen molar-refractivity contribution in [2.24, 2.45) is 0 Å². The molecule has 124 valence electrons. The average Bonchev–Trinajstić information content (AvgIpc) is 3.38. The van der Waals surface area contributed by atoms with E-state index in [4.69, 9.17) is 0 Å². The lowest BCUT2D eigenvalue weighted by atomic mass is 10.0. The molecule has 0 aromatic heterocycles. The average molecular weight is 342 g/mol. The van der Waals surface area contributed by atoms with Gasteiger partial charge in [0.15, 0.2) is 0 Å². The topological polar surface area (TPSA) is 0 Å².